The zero-order valence-corrected chi connectivity index (χ0v) is 9.43. The summed E-state index contributed by atoms with van der Waals surface area (Å²) in [5.74, 6) is -0.387. The highest BCUT2D eigenvalue weighted by Gasteiger charge is 2.13. The molecule has 0 saturated heterocycles. The van der Waals surface area contributed by atoms with Crippen molar-refractivity contribution < 1.29 is 17.8 Å². The Labute approximate surface area is 91.6 Å². The SMILES string of the molecule is CC(=O)N(C)n1ccc(S(=O)(=O)O)cc1=O. The number of rotatable bonds is 2. The Hall–Kier alpha value is -1.67. The third kappa shape index (κ3) is 2.47. The topological polar surface area (TPSA) is 96.7 Å². The Bertz CT molecular complexity index is 574. The molecule has 1 aromatic heterocycles. The molecule has 1 aromatic rings. The van der Waals surface area contributed by atoms with Crippen molar-refractivity contribution in [1.29, 1.82) is 0 Å². The molecular weight excluding hydrogens is 236 g/mol. The minimum atomic E-state index is -4.40. The first-order valence-electron chi connectivity index (χ1n) is 4.18. The number of hydrogen-bond acceptors (Lipinski definition) is 4. The summed E-state index contributed by atoms with van der Waals surface area (Å²) in [7, 11) is -3.05. The van der Waals surface area contributed by atoms with Crippen LogP contribution in [0.3, 0.4) is 0 Å². The van der Waals surface area contributed by atoms with Crippen molar-refractivity contribution in [2.75, 3.05) is 12.1 Å². The zero-order chi connectivity index (χ0) is 12.5. The van der Waals surface area contributed by atoms with Gasteiger partial charge in [0.25, 0.3) is 15.7 Å². The molecule has 0 aliphatic heterocycles. The second kappa shape index (κ2) is 4.06. The van der Waals surface area contributed by atoms with Gasteiger partial charge in [-0.3, -0.25) is 19.2 Å². The lowest BCUT2D eigenvalue weighted by Gasteiger charge is -2.17. The number of nitrogens with zero attached hydrogens (tertiary/aromatic N) is 2. The number of amides is 1. The van der Waals surface area contributed by atoms with Crippen molar-refractivity contribution in [2.24, 2.45) is 0 Å². The van der Waals surface area contributed by atoms with Gasteiger partial charge in [0.1, 0.15) is 4.90 Å². The number of aromatic nitrogens is 1. The van der Waals surface area contributed by atoms with Crippen molar-refractivity contribution in [1.82, 2.24) is 4.68 Å². The van der Waals surface area contributed by atoms with Crippen LogP contribution in [-0.4, -0.2) is 30.6 Å². The lowest BCUT2D eigenvalue weighted by Crippen LogP contribution is -2.41. The molecule has 0 radical (unpaired) electrons. The van der Waals surface area contributed by atoms with Gasteiger partial charge in [0.05, 0.1) is 0 Å². The van der Waals surface area contributed by atoms with Crippen LogP contribution in [0.25, 0.3) is 0 Å². The van der Waals surface area contributed by atoms with E-state index in [1.54, 1.807) is 0 Å². The van der Waals surface area contributed by atoms with Crippen LogP contribution in [0.2, 0.25) is 0 Å². The molecule has 0 bridgehead atoms. The fourth-order valence-electron chi connectivity index (χ4n) is 1.01. The molecule has 0 saturated carbocycles. The molecule has 0 aromatic carbocycles. The van der Waals surface area contributed by atoms with Crippen LogP contribution in [0, 0.1) is 0 Å². The number of carbonyl (C=O) groups is 1. The Morgan fingerprint density at radius 2 is 2.06 bits per heavy atom. The third-order valence-electron chi connectivity index (χ3n) is 1.95. The van der Waals surface area contributed by atoms with E-state index in [9.17, 15) is 18.0 Å². The highest BCUT2D eigenvalue weighted by atomic mass is 32.2. The molecule has 0 atom stereocenters. The van der Waals surface area contributed by atoms with E-state index in [1.807, 2.05) is 0 Å². The molecule has 0 aliphatic carbocycles. The fourth-order valence-corrected chi connectivity index (χ4v) is 1.50. The number of hydrogen-bond donors (Lipinski definition) is 1. The Morgan fingerprint density at radius 1 is 1.50 bits per heavy atom. The highest BCUT2D eigenvalue weighted by molar-refractivity contribution is 7.85. The molecule has 0 fully saturated rings. The highest BCUT2D eigenvalue weighted by Crippen LogP contribution is 2.03. The monoisotopic (exact) mass is 246 g/mol. The summed E-state index contributed by atoms with van der Waals surface area (Å²) >= 11 is 0. The molecule has 8 heteroatoms. The fraction of sp³-hybridized carbons (Fsp3) is 0.250. The zero-order valence-electron chi connectivity index (χ0n) is 8.61. The normalized spacial score (nSPS) is 11.2. The largest absolute Gasteiger partial charge is 0.294 e. The molecule has 0 unspecified atom stereocenters. The Balaban J connectivity index is 3.31. The van der Waals surface area contributed by atoms with Crippen LogP contribution in [0.15, 0.2) is 28.0 Å². The van der Waals surface area contributed by atoms with Crippen molar-refractivity contribution in [3.05, 3.63) is 28.7 Å². The summed E-state index contributed by atoms with van der Waals surface area (Å²) in [6.45, 7) is 1.25. The van der Waals surface area contributed by atoms with E-state index < -0.39 is 20.6 Å². The number of carbonyl (C=O) groups excluding carboxylic acids is 1. The minimum absolute atomic E-state index is 0.387. The summed E-state index contributed by atoms with van der Waals surface area (Å²) in [4.78, 5) is 21.9. The van der Waals surface area contributed by atoms with Crippen LogP contribution in [0.4, 0.5) is 0 Å². The van der Waals surface area contributed by atoms with Crippen molar-refractivity contribution in [2.45, 2.75) is 11.8 Å². The second-order valence-corrected chi connectivity index (χ2v) is 4.48. The molecular formula is C8H10N2O5S. The van der Waals surface area contributed by atoms with E-state index >= 15 is 0 Å². The molecule has 1 rings (SSSR count). The van der Waals surface area contributed by atoms with E-state index in [0.29, 0.717) is 0 Å². The third-order valence-corrected chi connectivity index (χ3v) is 2.80. The maximum absolute atomic E-state index is 11.4. The molecule has 0 aliphatic rings. The molecule has 7 nitrogen and oxygen atoms in total. The van der Waals surface area contributed by atoms with E-state index in [-0.39, 0.29) is 5.91 Å². The first kappa shape index (κ1) is 12.4. The molecule has 16 heavy (non-hydrogen) atoms. The molecule has 1 heterocycles. The van der Waals surface area contributed by atoms with Crippen molar-refractivity contribution in [3.8, 4) is 0 Å². The maximum atomic E-state index is 11.4. The minimum Gasteiger partial charge on any atom is -0.282 e. The smallest absolute Gasteiger partial charge is 0.282 e. The van der Waals surface area contributed by atoms with Gasteiger partial charge in [0.15, 0.2) is 0 Å². The average Bonchev–Trinajstić information content (AvgIpc) is 2.15. The average molecular weight is 246 g/mol. The Morgan fingerprint density at radius 3 is 2.44 bits per heavy atom. The second-order valence-electron chi connectivity index (χ2n) is 3.06. The Kier molecular flexibility index (Phi) is 3.15. The van der Waals surface area contributed by atoms with Gasteiger partial charge in [0.2, 0.25) is 5.91 Å². The predicted octanol–water partition coefficient (Wildman–Crippen LogP) is -0.791. The van der Waals surface area contributed by atoms with Crippen LogP contribution in [0.1, 0.15) is 6.92 Å². The maximum Gasteiger partial charge on any atom is 0.294 e. The van der Waals surface area contributed by atoms with Crippen LogP contribution in [-0.2, 0) is 14.9 Å². The molecule has 0 spiro atoms. The molecule has 88 valence electrons. The van der Waals surface area contributed by atoms with Gasteiger partial charge in [-0.25, -0.2) is 4.68 Å². The van der Waals surface area contributed by atoms with E-state index in [0.717, 1.165) is 28.0 Å². The van der Waals surface area contributed by atoms with Crippen LogP contribution >= 0.6 is 0 Å². The van der Waals surface area contributed by atoms with Crippen LogP contribution in [0.5, 0.6) is 0 Å². The van der Waals surface area contributed by atoms with Gasteiger partial charge in [-0.15, -0.1) is 0 Å². The summed E-state index contributed by atoms with van der Waals surface area (Å²) in [6, 6.07) is 1.75. The number of pyridine rings is 1. The summed E-state index contributed by atoms with van der Waals surface area (Å²) in [6.07, 6.45) is 1.09. The quantitative estimate of drug-likeness (QED) is 0.690. The van der Waals surface area contributed by atoms with Gasteiger partial charge < -0.3 is 0 Å². The lowest BCUT2D eigenvalue weighted by molar-refractivity contribution is -0.117. The van der Waals surface area contributed by atoms with E-state index in [1.165, 1.54) is 14.0 Å². The first-order valence-corrected chi connectivity index (χ1v) is 5.62. The van der Waals surface area contributed by atoms with E-state index in [4.69, 9.17) is 4.55 Å². The van der Waals surface area contributed by atoms with E-state index in [2.05, 4.69) is 0 Å². The predicted molar refractivity (Wildman–Crippen MR) is 55.3 cm³/mol. The van der Waals surface area contributed by atoms with Gasteiger partial charge in [0, 0.05) is 26.2 Å². The van der Waals surface area contributed by atoms with Crippen LogP contribution < -0.4 is 10.6 Å². The van der Waals surface area contributed by atoms with Crippen molar-refractivity contribution in [3.63, 3.8) is 0 Å². The molecule has 1 amide bonds. The first-order chi connectivity index (χ1) is 7.23. The van der Waals surface area contributed by atoms with Gasteiger partial charge in [-0.1, -0.05) is 0 Å². The molecule has 1 N–H and O–H groups in total. The lowest BCUT2D eigenvalue weighted by atomic mass is 10.5. The van der Waals surface area contributed by atoms with Gasteiger partial charge in [-0.2, -0.15) is 8.42 Å². The van der Waals surface area contributed by atoms with Gasteiger partial charge in [-0.05, 0) is 6.07 Å². The van der Waals surface area contributed by atoms with Gasteiger partial charge >= 0.3 is 0 Å². The van der Waals surface area contributed by atoms with Crippen molar-refractivity contribution >= 4 is 16.0 Å². The standard InChI is InChI=1S/C8H10N2O5S/c1-6(11)9(2)10-4-3-7(5-8(10)12)16(13,14)15/h3-5H,1-2H3,(H,13,14,15). The summed E-state index contributed by atoms with van der Waals surface area (Å²) < 4.78 is 31.1. The summed E-state index contributed by atoms with van der Waals surface area (Å²) in [5, 5.41) is 1.01. The summed E-state index contributed by atoms with van der Waals surface area (Å²) in [5.41, 5.74) is -0.729.